The largest absolute Gasteiger partial charge is 0.508 e. The summed E-state index contributed by atoms with van der Waals surface area (Å²) in [6.45, 7) is 3.72. The highest BCUT2D eigenvalue weighted by Gasteiger charge is 2.17. The summed E-state index contributed by atoms with van der Waals surface area (Å²) in [4.78, 5) is 10.5. The predicted octanol–water partition coefficient (Wildman–Crippen LogP) is 1.48. The molecule has 0 heterocycles. The maximum atomic E-state index is 10.5. The lowest BCUT2D eigenvalue weighted by atomic mass is 9.95. The highest BCUT2D eigenvalue weighted by atomic mass is 16.4. The number of carboxylic acids is 1. The molecule has 4 nitrogen and oxygen atoms in total. The van der Waals surface area contributed by atoms with Crippen LogP contribution in [0.2, 0.25) is 0 Å². The molecule has 0 aliphatic heterocycles. The van der Waals surface area contributed by atoms with E-state index in [1.165, 1.54) is 0 Å². The Balaban J connectivity index is 3.12. The molecule has 15 heavy (non-hydrogen) atoms. The van der Waals surface area contributed by atoms with Crippen molar-refractivity contribution >= 4 is 5.97 Å². The van der Waals surface area contributed by atoms with Crippen molar-refractivity contribution in [1.82, 2.24) is 0 Å². The first-order valence-corrected chi connectivity index (χ1v) is 4.70. The summed E-state index contributed by atoms with van der Waals surface area (Å²) in [7, 11) is 0. The minimum Gasteiger partial charge on any atom is -0.508 e. The maximum absolute atomic E-state index is 10.5. The minimum absolute atomic E-state index is 0.0619. The first kappa shape index (κ1) is 11.5. The average molecular weight is 209 g/mol. The number of hydrogen-bond donors (Lipinski definition) is 3. The topological polar surface area (TPSA) is 83.5 Å². The number of carbonyl (C=O) groups is 1. The molecule has 0 amide bonds. The Labute approximate surface area is 88.3 Å². The van der Waals surface area contributed by atoms with Crippen LogP contribution in [0.1, 0.15) is 29.2 Å². The molecule has 0 radical (unpaired) electrons. The Morgan fingerprint density at radius 3 is 2.60 bits per heavy atom. The van der Waals surface area contributed by atoms with Crippen molar-refractivity contribution in [2.24, 2.45) is 5.73 Å². The number of nitrogens with two attached hydrogens (primary N) is 1. The Hall–Kier alpha value is -1.55. The van der Waals surface area contributed by atoms with E-state index in [2.05, 4.69) is 0 Å². The van der Waals surface area contributed by atoms with E-state index in [1.807, 2.05) is 13.8 Å². The molecular formula is C11H15NO3. The SMILES string of the molecule is Cc1ccc(O)c(C(N)CC(=O)O)c1C. The normalized spacial score (nSPS) is 12.5. The molecule has 0 spiro atoms. The predicted molar refractivity (Wildman–Crippen MR) is 56.8 cm³/mol. The van der Waals surface area contributed by atoms with Gasteiger partial charge < -0.3 is 15.9 Å². The monoisotopic (exact) mass is 209 g/mol. The maximum Gasteiger partial charge on any atom is 0.305 e. The van der Waals surface area contributed by atoms with Gasteiger partial charge in [0.05, 0.1) is 6.42 Å². The van der Waals surface area contributed by atoms with Crippen molar-refractivity contribution in [3.63, 3.8) is 0 Å². The number of phenolic OH excluding ortho intramolecular Hbond substituents is 1. The molecule has 1 atom stereocenters. The molecule has 1 aromatic carbocycles. The molecule has 0 aliphatic carbocycles. The number of rotatable bonds is 3. The fourth-order valence-electron chi connectivity index (χ4n) is 1.58. The van der Waals surface area contributed by atoms with Gasteiger partial charge in [-0.1, -0.05) is 6.07 Å². The lowest BCUT2D eigenvalue weighted by Crippen LogP contribution is -2.16. The Morgan fingerprint density at radius 1 is 1.47 bits per heavy atom. The molecule has 0 saturated heterocycles. The van der Waals surface area contributed by atoms with Crippen LogP contribution in [0.5, 0.6) is 5.75 Å². The van der Waals surface area contributed by atoms with Gasteiger partial charge in [0.25, 0.3) is 0 Å². The van der Waals surface area contributed by atoms with Gasteiger partial charge in [0, 0.05) is 11.6 Å². The quantitative estimate of drug-likeness (QED) is 0.704. The average Bonchev–Trinajstić information content (AvgIpc) is 2.11. The lowest BCUT2D eigenvalue weighted by Gasteiger charge is -2.16. The number of phenols is 1. The van der Waals surface area contributed by atoms with E-state index in [0.29, 0.717) is 5.56 Å². The Bertz CT molecular complexity index is 388. The third-order valence-corrected chi connectivity index (χ3v) is 2.53. The standard InChI is InChI=1S/C11H15NO3/c1-6-3-4-9(13)11(7(6)2)8(12)5-10(14)15/h3-4,8,13H,5,12H2,1-2H3,(H,14,15). The molecule has 0 fully saturated rings. The first-order chi connectivity index (χ1) is 6.93. The summed E-state index contributed by atoms with van der Waals surface area (Å²) in [5.41, 5.74) is 8.09. The Morgan fingerprint density at radius 2 is 2.07 bits per heavy atom. The van der Waals surface area contributed by atoms with Crippen molar-refractivity contribution in [2.45, 2.75) is 26.3 Å². The van der Waals surface area contributed by atoms with Gasteiger partial charge in [0.1, 0.15) is 5.75 Å². The molecule has 0 aromatic heterocycles. The van der Waals surface area contributed by atoms with Crippen molar-refractivity contribution in [2.75, 3.05) is 0 Å². The molecule has 1 unspecified atom stereocenters. The van der Waals surface area contributed by atoms with Gasteiger partial charge in [-0.3, -0.25) is 4.79 Å². The first-order valence-electron chi connectivity index (χ1n) is 4.70. The van der Waals surface area contributed by atoms with E-state index in [0.717, 1.165) is 11.1 Å². The fourth-order valence-corrected chi connectivity index (χ4v) is 1.58. The van der Waals surface area contributed by atoms with Gasteiger partial charge in [-0.2, -0.15) is 0 Å². The van der Waals surface area contributed by atoms with Crippen LogP contribution in [0.15, 0.2) is 12.1 Å². The summed E-state index contributed by atoms with van der Waals surface area (Å²) >= 11 is 0. The second-order valence-corrected chi connectivity index (χ2v) is 3.64. The fraction of sp³-hybridized carbons (Fsp3) is 0.364. The van der Waals surface area contributed by atoms with E-state index in [-0.39, 0.29) is 12.2 Å². The summed E-state index contributed by atoms with van der Waals surface area (Å²) in [5.74, 6) is -0.908. The highest BCUT2D eigenvalue weighted by molar-refractivity contribution is 5.68. The van der Waals surface area contributed by atoms with E-state index < -0.39 is 12.0 Å². The van der Waals surface area contributed by atoms with Gasteiger partial charge in [-0.05, 0) is 31.0 Å². The molecule has 0 saturated carbocycles. The summed E-state index contributed by atoms with van der Waals surface area (Å²) in [6.07, 6.45) is -0.183. The molecule has 0 aliphatic rings. The molecule has 4 heteroatoms. The summed E-state index contributed by atoms with van der Waals surface area (Å²) < 4.78 is 0. The van der Waals surface area contributed by atoms with Crippen LogP contribution < -0.4 is 5.73 Å². The van der Waals surface area contributed by atoms with Gasteiger partial charge in [-0.25, -0.2) is 0 Å². The van der Waals surface area contributed by atoms with Gasteiger partial charge in [0.2, 0.25) is 0 Å². The molecule has 82 valence electrons. The van der Waals surface area contributed by atoms with Crippen molar-refractivity contribution < 1.29 is 15.0 Å². The zero-order chi connectivity index (χ0) is 11.6. The summed E-state index contributed by atoms with van der Waals surface area (Å²) in [5, 5.41) is 18.3. The number of hydrogen-bond acceptors (Lipinski definition) is 3. The summed E-state index contributed by atoms with van der Waals surface area (Å²) in [6, 6.07) is 2.66. The lowest BCUT2D eigenvalue weighted by molar-refractivity contribution is -0.137. The number of carboxylic acid groups (broad SMARTS) is 1. The number of benzene rings is 1. The van der Waals surface area contributed by atoms with E-state index in [9.17, 15) is 9.90 Å². The molecule has 4 N–H and O–H groups in total. The van der Waals surface area contributed by atoms with Crippen LogP contribution in [0.4, 0.5) is 0 Å². The number of aliphatic carboxylic acids is 1. The van der Waals surface area contributed by atoms with Crippen LogP contribution in [0, 0.1) is 13.8 Å². The van der Waals surface area contributed by atoms with Crippen LogP contribution in [0.25, 0.3) is 0 Å². The van der Waals surface area contributed by atoms with Gasteiger partial charge in [-0.15, -0.1) is 0 Å². The van der Waals surface area contributed by atoms with E-state index >= 15 is 0 Å². The second kappa shape index (κ2) is 4.31. The number of aryl methyl sites for hydroxylation is 1. The van der Waals surface area contributed by atoms with E-state index in [4.69, 9.17) is 10.8 Å². The van der Waals surface area contributed by atoms with Crippen LogP contribution in [-0.4, -0.2) is 16.2 Å². The highest BCUT2D eigenvalue weighted by Crippen LogP contribution is 2.29. The molecule has 1 rings (SSSR count). The van der Waals surface area contributed by atoms with Gasteiger partial charge in [0.15, 0.2) is 0 Å². The minimum atomic E-state index is -0.970. The third-order valence-electron chi connectivity index (χ3n) is 2.53. The van der Waals surface area contributed by atoms with Crippen molar-refractivity contribution in [3.05, 3.63) is 28.8 Å². The molecule has 1 aromatic rings. The molecule has 0 bridgehead atoms. The zero-order valence-electron chi connectivity index (χ0n) is 8.82. The van der Waals surface area contributed by atoms with Crippen LogP contribution in [-0.2, 0) is 4.79 Å². The zero-order valence-corrected chi connectivity index (χ0v) is 8.82. The van der Waals surface area contributed by atoms with Crippen molar-refractivity contribution in [1.29, 1.82) is 0 Å². The molecular weight excluding hydrogens is 194 g/mol. The smallest absolute Gasteiger partial charge is 0.305 e. The van der Waals surface area contributed by atoms with Crippen LogP contribution >= 0.6 is 0 Å². The third kappa shape index (κ3) is 2.47. The van der Waals surface area contributed by atoms with Gasteiger partial charge >= 0.3 is 5.97 Å². The second-order valence-electron chi connectivity index (χ2n) is 3.64. The Kier molecular flexibility index (Phi) is 3.31. The van der Waals surface area contributed by atoms with Crippen LogP contribution in [0.3, 0.4) is 0 Å². The van der Waals surface area contributed by atoms with E-state index in [1.54, 1.807) is 12.1 Å². The number of aromatic hydroxyl groups is 1. The van der Waals surface area contributed by atoms with Crippen molar-refractivity contribution in [3.8, 4) is 5.75 Å².